The van der Waals surface area contributed by atoms with Gasteiger partial charge < -0.3 is 9.47 Å². The Hall–Kier alpha value is -1.58. The fourth-order valence-electron chi connectivity index (χ4n) is 1.58. The monoisotopic (exact) mass is 221 g/mol. The van der Waals surface area contributed by atoms with Gasteiger partial charge in [0.15, 0.2) is 6.10 Å². The minimum atomic E-state index is -0.479. The summed E-state index contributed by atoms with van der Waals surface area (Å²) < 4.78 is 10.4. The second-order valence-electron chi connectivity index (χ2n) is 3.99. The van der Waals surface area contributed by atoms with Crippen molar-refractivity contribution in [3.8, 4) is 5.75 Å². The predicted octanol–water partition coefficient (Wildman–Crippen LogP) is 1.72. The summed E-state index contributed by atoms with van der Waals surface area (Å²) >= 11 is 0. The number of nitrogens with zero attached hydrogens (tertiary/aromatic N) is 1. The maximum absolute atomic E-state index is 11.5. The van der Waals surface area contributed by atoms with Crippen LogP contribution in [0.3, 0.4) is 0 Å². The van der Waals surface area contributed by atoms with Crippen molar-refractivity contribution in [3.63, 3.8) is 0 Å². The number of carbonyl (C=O) groups is 1. The Labute approximate surface area is 94.6 Å². The molecular formula is C12H15NO3. The predicted molar refractivity (Wildman–Crippen MR) is 58.1 cm³/mol. The van der Waals surface area contributed by atoms with Crippen LogP contribution < -0.4 is 4.74 Å². The lowest BCUT2D eigenvalue weighted by molar-refractivity contribution is -0.149. The van der Waals surface area contributed by atoms with Crippen molar-refractivity contribution in [3.05, 3.63) is 24.0 Å². The van der Waals surface area contributed by atoms with Crippen LogP contribution in [0.1, 0.15) is 18.5 Å². The average Bonchev–Trinajstić information content (AvgIpc) is 3.11. The largest absolute Gasteiger partial charge is 0.477 e. The molecule has 1 aromatic heterocycles. The zero-order chi connectivity index (χ0) is 11.5. The third-order valence-electron chi connectivity index (χ3n) is 2.70. The number of ether oxygens (including phenoxy) is 2. The van der Waals surface area contributed by atoms with Crippen LogP contribution in [0.25, 0.3) is 0 Å². The number of carbonyl (C=O) groups excluding carboxylic acids is 1. The van der Waals surface area contributed by atoms with E-state index >= 15 is 0 Å². The molecule has 4 nitrogen and oxygen atoms in total. The topological polar surface area (TPSA) is 48.4 Å². The number of pyridine rings is 1. The van der Waals surface area contributed by atoms with Crippen LogP contribution in [0.4, 0.5) is 0 Å². The first-order valence-electron chi connectivity index (χ1n) is 5.38. The summed E-state index contributed by atoms with van der Waals surface area (Å²) in [7, 11) is 1.39. The molecule has 1 aliphatic carbocycles. The Kier molecular flexibility index (Phi) is 3.08. The first-order chi connectivity index (χ1) is 7.72. The van der Waals surface area contributed by atoms with Crippen molar-refractivity contribution in [2.24, 2.45) is 5.92 Å². The lowest BCUT2D eigenvalue weighted by Gasteiger charge is -2.17. The lowest BCUT2D eigenvalue weighted by atomic mass is 10.2. The summed E-state index contributed by atoms with van der Waals surface area (Å²) in [6.07, 6.45) is 3.28. The molecule has 86 valence electrons. The van der Waals surface area contributed by atoms with Crippen LogP contribution in [0.15, 0.2) is 18.3 Å². The Morgan fingerprint density at radius 2 is 2.31 bits per heavy atom. The molecule has 0 saturated heterocycles. The molecule has 1 aromatic rings. The number of methoxy groups -OCH3 is 1. The number of hydrogen-bond donors (Lipinski definition) is 0. The van der Waals surface area contributed by atoms with E-state index in [4.69, 9.17) is 9.47 Å². The maximum atomic E-state index is 11.5. The Balaban J connectivity index is 2.11. The molecule has 1 fully saturated rings. The Morgan fingerprint density at radius 1 is 1.56 bits per heavy atom. The SMILES string of the molecule is COC(=O)C(Oc1cccnc1C)C1CC1. The third-order valence-corrected chi connectivity index (χ3v) is 2.70. The second-order valence-corrected chi connectivity index (χ2v) is 3.99. The molecule has 0 radical (unpaired) electrons. The zero-order valence-electron chi connectivity index (χ0n) is 9.47. The molecule has 2 rings (SSSR count). The summed E-state index contributed by atoms with van der Waals surface area (Å²) in [4.78, 5) is 15.7. The van der Waals surface area contributed by atoms with Gasteiger partial charge in [-0.1, -0.05) is 0 Å². The van der Waals surface area contributed by atoms with Crippen molar-refractivity contribution in [2.75, 3.05) is 7.11 Å². The van der Waals surface area contributed by atoms with Crippen LogP contribution in [0.5, 0.6) is 5.75 Å². The highest BCUT2D eigenvalue weighted by molar-refractivity contribution is 5.75. The molecule has 1 aliphatic rings. The smallest absolute Gasteiger partial charge is 0.347 e. The van der Waals surface area contributed by atoms with E-state index in [9.17, 15) is 4.79 Å². The normalized spacial score (nSPS) is 16.6. The molecule has 1 heterocycles. The number of aryl methyl sites for hydroxylation is 1. The molecule has 0 aromatic carbocycles. The first-order valence-corrected chi connectivity index (χ1v) is 5.38. The summed E-state index contributed by atoms with van der Waals surface area (Å²) in [6.45, 7) is 1.86. The molecule has 0 N–H and O–H groups in total. The number of aromatic nitrogens is 1. The van der Waals surface area contributed by atoms with E-state index in [0.29, 0.717) is 11.7 Å². The van der Waals surface area contributed by atoms with E-state index in [1.54, 1.807) is 12.3 Å². The van der Waals surface area contributed by atoms with Crippen molar-refractivity contribution in [2.45, 2.75) is 25.9 Å². The van der Waals surface area contributed by atoms with Gasteiger partial charge in [0.25, 0.3) is 0 Å². The molecule has 0 spiro atoms. The average molecular weight is 221 g/mol. The highest BCUT2D eigenvalue weighted by atomic mass is 16.6. The minimum absolute atomic E-state index is 0.298. The van der Waals surface area contributed by atoms with E-state index in [2.05, 4.69) is 4.98 Å². The van der Waals surface area contributed by atoms with Gasteiger partial charge >= 0.3 is 5.97 Å². The minimum Gasteiger partial charge on any atom is -0.477 e. The van der Waals surface area contributed by atoms with Crippen LogP contribution in [0, 0.1) is 12.8 Å². The Bertz CT molecular complexity index is 388. The maximum Gasteiger partial charge on any atom is 0.347 e. The van der Waals surface area contributed by atoms with Gasteiger partial charge in [0, 0.05) is 12.1 Å². The molecule has 1 unspecified atom stereocenters. The van der Waals surface area contributed by atoms with Gasteiger partial charge in [0.05, 0.1) is 12.8 Å². The molecule has 1 saturated carbocycles. The molecule has 4 heteroatoms. The second kappa shape index (κ2) is 4.51. The summed E-state index contributed by atoms with van der Waals surface area (Å²) in [5.41, 5.74) is 0.789. The molecule has 1 atom stereocenters. The standard InChI is InChI=1S/C12H15NO3/c1-8-10(4-3-7-13-8)16-11(9-5-6-9)12(14)15-2/h3-4,7,9,11H,5-6H2,1-2H3. The molecule has 0 bridgehead atoms. The highest BCUT2D eigenvalue weighted by Gasteiger charge is 2.39. The van der Waals surface area contributed by atoms with Gasteiger partial charge in [0.1, 0.15) is 5.75 Å². The number of hydrogen-bond acceptors (Lipinski definition) is 4. The van der Waals surface area contributed by atoms with Gasteiger partial charge in [-0.2, -0.15) is 0 Å². The van der Waals surface area contributed by atoms with Crippen molar-refractivity contribution in [1.29, 1.82) is 0 Å². The molecule has 0 aliphatic heterocycles. The van der Waals surface area contributed by atoms with E-state index in [-0.39, 0.29) is 5.97 Å². The Morgan fingerprint density at radius 3 is 2.88 bits per heavy atom. The van der Waals surface area contributed by atoms with Crippen molar-refractivity contribution >= 4 is 5.97 Å². The summed E-state index contributed by atoms with van der Waals surface area (Å²) in [5.74, 6) is 0.655. The van der Waals surface area contributed by atoms with Crippen molar-refractivity contribution in [1.82, 2.24) is 4.98 Å². The van der Waals surface area contributed by atoms with Gasteiger partial charge in [-0.05, 0) is 31.9 Å². The van der Waals surface area contributed by atoms with Gasteiger partial charge in [-0.25, -0.2) is 4.79 Å². The lowest BCUT2D eigenvalue weighted by Crippen LogP contribution is -2.30. The summed E-state index contributed by atoms with van der Waals surface area (Å²) in [5, 5.41) is 0. The quantitative estimate of drug-likeness (QED) is 0.726. The van der Waals surface area contributed by atoms with Gasteiger partial charge in [-0.3, -0.25) is 4.98 Å². The number of rotatable bonds is 4. The van der Waals surface area contributed by atoms with Crippen molar-refractivity contribution < 1.29 is 14.3 Å². The highest BCUT2D eigenvalue weighted by Crippen LogP contribution is 2.35. The van der Waals surface area contributed by atoms with Crippen LogP contribution >= 0.6 is 0 Å². The van der Waals surface area contributed by atoms with Crippen LogP contribution in [-0.2, 0) is 9.53 Å². The van der Waals surface area contributed by atoms with E-state index in [1.807, 2.05) is 13.0 Å². The fraction of sp³-hybridized carbons (Fsp3) is 0.500. The third kappa shape index (κ3) is 2.32. The number of esters is 1. The van der Waals surface area contributed by atoms with Gasteiger partial charge in [-0.15, -0.1) is 0 Å². The van der Waals surface area contributed by atoms with E-state index in [1.165, 1.54) is 7.11 Å². The zero-order valence-corrected chi connectivity index (χ0v) is 9.47. The van der Waals surface area contributed by atoms with E-state index < -0.39 is 6.10 Å². The van der Waals surface area contributed by atoms with Gasteiger partial charge in [0.2, 0.25) is 0 Å². The fourth-order valence-corrected chi connectivity index (χ4v) is 1.58. The van der Waals surface area contributed by atoms with Crippen LogP contribution in [-0.4, -0.2) is 24.2 Å². The first kappa shape index (κ1) is 10.9. The molecule has 16 heavy (non-hydrogen) atoms. The summed E-state index contributed by atoms with van der Waals surface area (Å²) in [6, 6.07) is 3.62. The molecular weight excluding hydrogens is 206 g/mol. The van der Waals surface area contributed by atoms with Crippen LogP contribution in [0.2, 0.25) is 0 Å². The molecule has 0 amide bonds. The van der Waals surface area contributed by atoms with E-state index in [0.717, 1.165) is 18.5 Å².